The van der Waals surface area contributed by atoms with E-state index in [-0.39, 0.29) is 0 Å². The van der Waals surface area contributed by atoms with Crippen LogP contribution in [0.25, 0.3) is 0 Å². The van der Waals surface area contributed by atoms with Crippen molar-refractivity contribution < 1.29 is 4.74 Å². The zero-order chi connectivity index (χ0) is 10.9. The van der Waals surface area contributed by atoms with E-state index in [1.165, 1.54) is 0 Å². The zero-order valence-corrected chi connectivity index (χ0v) is 9.28. The first-order valence-electron chi connectivity index (χ1n) is 5.23. The van der Waals surface area contributed by atoms with Gasteiger partial charge in [-0.25, -0.2) is 4.98 Å². The summed E-state index contributed by atoms with van der Waals surface area (Å²) in [5, 5.41) is 3.19. The summed E-state index contributed by atoms with van der Waals surface area (Å²) >= 11 is 0. The van der Waals surface area contributed by atoms with E-state index >= 15 is 0 Å². The van der Waals surface area contributed by atoms with E-state index in [0.717, 1.165) is 38.5 Å². The normalized spacial score (nSPS) is 10.2. The number of anilines is 1. The lowest BCUT2D eigenvalue weighted by atomic mass is 10.3. The molecule has 0 saturated carbocycles. The van der Waals surface area contributed by atoms with Crippen LogP contribution in [0.2, 0.25) is 0 Å². The molecule has 0 aromatic carbocycles. The third kappa shape index (κ3) is 4.16. The molecule has 0 aliphatic carbocycles. The Morgan fingerprint density at radius 2 is 2.47 bits per heavy atom. The molecule has 0 amide bonds. The van der Waals surface area contributed by atoms with Gasteiger partial charge in [0.2, 0.25) is 5.95 Å². The van der Waals surface area contributed by atoms with Crippen molar-refractivity contribution in [2.24, 2.45) is 0 Å². The Morgan fingerprint density at radius 3 is 3.20 bits per heavy atom. The van der Waals surface area contributed by atoms with Crippen molar-refractivity contribution in [2.45, 2.75) is 19.4 Å². The second-order valence-electron chi connectivity index (χ2n) is 3.31. The summed E-state index contributed by atoms with van der Waals surface area (Å²) < 4.78 is 7.11. The first-order valence-corrected chi connectivity index (χ1v) is 5.23. The van der Waals surface area contributed by atoms with Gasteiger partial charge in [0, 0.05) is 39.2 Å². The molecule has 0 saturated heterocycles. The number of imidazole rings is 1. The van der Waals surface area contributed by atoms with Crippen LogP contribution in [0, 0.1) is 0 Å². The number of ether oxygens (including phenoxy) is 1. The Bertz CT molecular complexity index is 283. The third-order valence-electron chi connectivity index (χ3n) is 2.12. The molecule has 1 N–H and O–H groups in total. The average molecular weight is 209 g/mol. The van der Waals surface area contributed by atoms with Gasteiger partial charge < -0.3 is 14.6 Å². The van der Waals surface area contributed by atoms with Crippen molar-refractivity contribution in [1.29, 1.82) is 0 Å². The van der Waals surface area contributed by atoms with Crippen LogP contribution in [0.1, 0.15) is 12.8 Å². The molecule has 0 radical (unpaired) electrons. The number of aromatic nitrogens is 2. The molecule has 1 aromatic heterocycles. The highest BCUT2D eigenvalue weighted by molar-refractivity contribution is 5.26. The van der Waals surface area contributed by atoms with Gasteiger partial charge in [-0.2, -0.15) is 0 Å². The number of nitrogens with zero attached hydrogens (tertiary/aromatic N) is 2. The van der Waals surface area contributed by atoms with Crippen molar-refractivity contribution in [1.82, 2.24) is 9.55 Å². The first kappa shape index (κ1) is 11.8. The van der Waals surface area contributed by atoms with Crippen molar-refractivity contribution in [3.8, 4) is 0 Å². The minimum atomic E-state index is 0.745. The molecule has 4 nitrogen and oxygen atoms in total. The lowest BCUT2D eigenvalue weighted by Crippen LogP contribution is -2.07. The summed E-state index contributed by atoms with van der Waals surface area (Å²) in [6.45, 7) is 6.20. The highest BCUT2D eigenvalue weighted by atomic mass is 16.5. The van der Waals surface area contributed by atoms with Crippen molar-refractivity contribution >= 4 is 5.95 Å². The fourth-order valence-electron chi connectivity index (χ4n) is 1.35. The summed E-state index contributed by atoms with van der Waals surface area (Å²) in [5.41, 5.74) is 0. The Labute approximate surface area is 91.0 Å². The van der Waals surface area contributed by atoms with Crippen LogP contribution in [-0.4, -0.2) is 29.8 Å². The Morgan fingerprint density at radius 1 is 1.60 bits per heavy atom. The van der Waals surface area contributed by atoms with Gasteiger partial charge in [0.05, 0.1) is 0 Å². The maximum Gasteiger partial charge on any atom is 0.203 e. The fraction of sp³-hybridized carbons (Fsp3) is 0.545. The number of rotatable bonds is 8. The molecule has 0 aliphatic rings. The Kier molecular flexibility index (Phi) is 5.55. The van der Waals surface area contributed by atoms with Crippen molar-refractivity contribution in [3.05, 3.63) is 25.0 Å². The molecule has 1 rings (SSSR count). The van der Waals surface area contributed by atoms with Crippen molar-refractivity contribution in [2.75, 3.05) is 25.6 Å². The summed E-state index contributed by atoms with van der Waals surface area (Å²) in [6.07, 6.45) is 7.80. The number of hydrogen-bond acceptors (Lipinski definition) is 3. The minimum absolute atomic E-state index is 0.745. The second kappa shape index (κ2) is 7.06. The number of methoxy groups -OCH3 is 1. The Hall–Kier alpha value is -1.29. The summed E-state index contributed by atoms with van der Waals surface area (Å²) in [5.74, 6) is 0.910. The average Bonchev–Trinajstić information content (AvgIpc) is 2.69. The largest absolute Gasteiger partial charge is 0.385 e. The molecule has 1 aromatic rings. The van der Waals surface area contributed by atoms with Gasteiger partial charge in [-0.1, -0.05) is 6.08 Å². The van der Waals surface area contributed by atoms with E-state index in [1.807, 2.05) is 18.5 Å². The maximum atomic E-state index is 5.00. The lowest BCUT2D eigenvalue weighted by Gasteiger charge is -2.07. The molecule has 1 heterocycles. The monoisotopic (exact) mass is 209 g/mol. The smallest absolute Gasteiger partial charge is 0.203 e. The molecule has 0 aliphatic heterocycles. The second-order valence-corrected chi connectivity index (χ2v) is 3.31. The third-order valence-corrected chi connectivity index (χ3v) is 2.12. The topological polar surface area (TPSA) is 39.1 Å². The molecule has 15 heavy (non-hydrogen) atoms. The van der Waals surface area contributed by atoms with E-state index in [4.69, 9.17) is 4.74 Å². The van der Waals surface area contributed by atoms with E-state index in [1.54, 1.807) is 7.11 Å². The number of hydrogen-bond donors (Lipinski definition) is 1. The van der Waals surface area contributed by atoms with Crippen LogP contribution < -0.4 is 5.32 Å². The van der Waals surface area contributed by atoms with E-state index in [0.29, 0.717) is 0 Å². The molecular weight excluding hydrogens is 190 g/mol. The van der Waals surface area contributed by atoms with Gasteiger partial charge >= 0.3 is 0 Å². The number of nitrogens with one attached hydrogen (secondary N) is 1. The molecule has 0 bridgehead atoms. The van der Waals surface area contributed by atoms with E-state index in [2.05, 4.69) is 21.4 Å². The SMILES string of the molecule is C=CCNc1nccn1CCCCOC. The van der Waals surface area contributed by atoms with Crippen LogP contribution in [0.3, 0.4) is 0 Å². The first-order chi connectivity index (χ1) is 7.38. The predicted octanol–water partition coefficient (Wildman–Crippen LogP) is 1.91. The summed E-state index contributed by atoms with van der Waals surface area (Å²) in [6, 6.07) is 0. The van der Waals surface area contributed by atoms with E-state index < -0.39 is 0 Å². The van der Waals surface area contributed by atoms with Crippen LogP contribution >= 0.6 is 0 Å². The zero-order valence-electron chi connectivity index (χ0n) is 9.28. The standard InChI is InChI=1S/C11H19N3O/c1-3-6-12-11-13-7-9-14(11)8-4-5-10-15-2/h3,7,9H,1,4-6,8,10H2,2H3,(H,12,13). The van der Waals surface area contributed by atoms with Gasteiger partial charge in [-0.05, 0) is 12.8 Å². The van der Waals surface area contributed by atoms with Gasteiger partial charge in [0.25, 0.3) is 0 Å². The van der Waals surface area contributed by atoms with Crippen LogP contribution in [0.5, 0.6) is 0 Å². The molecule has 0 unspecified atom stereocenters. The Balaban J connectivity index is 2.32. The minimum Gasteiger partial charge on any atom is -0.385 e. The molecule has 84 valence electrons. The van der Waals surface area contributed by atoms with Gasteiger partial charge in [0.1, 0.15) is 0 Å². The highest BCUT2D eigenvalue weighted by Gasteiger charge is 1.99. The molecule has 0 spiro atoms. The van der Waals surface area contributed by atoms with Gasteiger partial charge in [0.15, 0.2) is 0 Å². The van der Waals surface area contributed by atoms with E-state index in [9.17, 15) is 0 Å². The van der Waals surface area contributed by atoms with Crippen LogP contribution in [0.4, 0.5) is 5.95 Å². The molecule has 0 atom stereocenters. The molecule has 4 heteroatoms. The quantitative estimate of drug-likeness (QED) is 0.525. The predicted molar refractivity (Wildman–Crippen MR) is 62.0 cm³/mol. The molecule has 0 fully saturated rings. The van der Waals surface area contributed by atoms with Crippen LogP contribution in [-0.2, 0) is 11.3 Å². The van der Waals surface area contributed by atoms with Gasteiger partial charge in [-0.3, -0.25) is 0 Å². The van der Waals surface area contributed by atoms with Crippen molar-refractivity contribution in [3.63, 3.8) is 0 Å². The summed E-state index contributed by atoms with van der Waals surface area (Å²) in [7, 11) is 1.73. The number of aryl methyl sites for hydroxylation is 1. The summed E-state index contributed by atoms with van der Waals surface area (Å²) in [4.78, 5) is 4.23. The highest BCUT2D eigenvalue weighted by Crippen LogP contribution is 2.06. The maximum absolute atomic E-state index is 5.00. The van der Waals surface area contributed by atoms with Crippen LogP contribution in [0.15, 0.2) is 25.0 Å². The fourth-order valence-corrected chi connectivity index (χ4v) is 1.35. The lowest BCUT2D eigenvalue weighted by molar-refractivity contribution is 0.191. The number of unbranched alkanes of at least 4 members (excludes halogenated alkanes) is 1. The van der Waals surface area contributed by atoms with Gasteiger partial charge in [-0.15, -0.1) is 6.58 Å². The molecular formula is C11H19N3O.